The van der Waals surface area contributed by atoms with Crippen molar-refractivity contribution in [3.8, 4) is 0 Å². The number of hydrogen-bond acceptors (Lipinski definition) is 6. The molecule has 0 heterocycles. The minimum absolute atomic E-state index is 0.199. The summed E-state index contributed by atoms with van der Waals surface area (Å²) in [6.07, 6.45) is 6.61. The van der Waals surface area contributed by atoms with Gasteiger partial charge in [0.05, 0.1) is 0 Å². The number of fused-ring (bicyclic) bond motifs is 5. The summed E-state index contributed by atoms with van der Waals surface area (Å²) in [5.74, 6) is -0.0718. The van der Waals surface area contributed by atoms with Crippen LogP contribution in [-0.2, 0) is 28.6 Å². The van der Waals surface area contributed by atoms with Gasteiger partial charge < -0.3 is 14.2 Å². The van der Waals surface area contributed by atoms with Crippen LogP contribution in [0, 0.1) is 17.8 Å². The summed E-state index contributed by atoms with van der Waals surface area (Å²) >= 11 is 0. The van der Waals surface area contributed by atoms with Crippen molar-refractivity contribution < 1.29 is 28.6 Å². The number of carbonyl (C=O) groups excluding carboxylic acids is 3. The molecule has 0 spiro atoms. The third kappa shape index (κ3) is 3.19. The quantitative estimate of drug-likeness (QED) is 0.420. The molecular formula is C18H24O6. The van der Waals surface area contributed by atoms with Gasteiger partial charge in [-0.25, -0.2) is 14.4 Å². The second-order valence-corrected chi connectivity index (χ2v) is 7.26. The first kappa shape index (κ1) is 17.0. The first-order valence-electron chi connectivity index (χ1n) is 8.61. The average molecular weight is 336 g/mol. The molecule has 2 bridgehead atoms. The van der Waals surface area contributed by atoms with Crippen LogP contribution in [0.2, 0.25) is 0 Å². The number of carbonyl (C=O) groups is 3. The molecule has 3 aliphatic carbocycles. The first-order valence-corrected chi connectivity index (χ1v) is 8.61. The van der Waals surface area contributed by atoms with Gasteiger partial charge in [0.15, 0.2) is 13.2 Å². The number of esters is 3. The highest BCUT2D eigenvalue weighted by atomic mass is 16.6. The lowest BCUT2D eigenvalue weighted by molar-refractivity contribution is -0.175. The Morgan fingerprint density at radius 1 is 1.08 bits per heavy atom. The lowest BCUT2D eigenvalue weighted by Gasteiger charge is -2.35. The SMILES string of the molecule is C=C(C)C(=O)OCC(=O)OCC(=O)OC12CCC(C1)C1CCCC12. The van der Waals surface area contributed by atoms with Crippen molar-refractivity contribution in [2.75, 3.05) is 13.2 Å². The molecule has 0 amide bonds. The molecule has 3 fully saturated rings. The molecule has 6 nitrogen and oxygen atoms in total. The maximum Gasteiger partial charge on any atom is 0.344 e. The minimum Gasteiger partial charge on any atom is -0.456 e. The summed E-state index contributed by atoms with van der Waals surface area (Å²) < 4.78 is 15.3. The standard InChI is InChI=1S/C18H24O6/c1-11(2)17(21)23-9-15(19)22-10-16(20)24-18-7-6-12(8-18)13-4-3-5-14(13)18/h12-14H,1,3-10H2,2H3. The van der Waals surface area contributed by atoms with Gasteiger partial charge in [-0.1, -0.05) is 13.0 Å². The van der Waals surface area contributed by atoms with Gasteiger partial charge in [-0.15, -0.1) is 0 Å². The van der Waals surface area contributed by atoms with Gasteiger partial charge in [0.25, 0.3) is 0 Å². The lowest BCUT2D eigenvalue weighted by Crippen LogP contribution is -2.40. The highest BCUT2D eigenvalue weighted by Gasteiger charge is 2.61. The second-order valence-electron chi connectivity index (χ2n) is 7.26. The molecule has 0 saturated heterocycles. The van der Waals surface area contributed by atoms with E-state index in [4.69, 9.17) is 9.47 Å². The number of rotatable bonds is 6. The van der Waals surface area contributed by atoms with Gasteiger partial charge in [0, 0.05) is 11.5 Å². The summed E-state index contributed by atoms with van der Waals surface area (Å²) in [6, 6.07) is 0. The molecule has 3 aliphatic rings. The van der Waals surface area contributed by atoms with Crippen molar-refractivity contribution in [1.82, 2.24) is 0 Å². The molecule has 0 aromatic heterocycles. The summed E-state index contributed by atoms with van der Waals surface area (Å²) in [4.78, 5) is 34.8. The number of hydrogen-bond donors (Lipinski definition) is 0. The van der Waals surface area contributed by atoms with Crippen molar-refractivity contribution in [3.05, 3.63) is 12.2 Å². The topological polar surface area (TPSA) is 78.9 Å². The zero-order valence-corrected chi connectivity index (χ0v) is 14.0. The molecule has 0 N–H and O–H groups in total. The van der Waals surface area contributed by atoms with Gasteiger partial charge in [0.2, 0.25) is 0 Å². The van der Waals surface area contributed by atoms with E-state index in [2.05, 4.69) is 11.3 Å². The summed E-state index contributed by atoms with van der Waals surface area (Å²) in [5.41, 5.74) is -0.133. The Bertz CT molecular complexity index is 568. The Kier molecular flexibility index (Phi) is 4.65. The maximum atomic E-state index is 12.1. The Morgan fingerprint density at radius 2 is 1.83 bits per heavy atom. The Morgan fingerprint density at radius 3 is 2.58 bits per heavy atom. The van der Waals surface area contributed by atoms with Crippen LogP contribution >= 0.6 is 0 Å². The maximum absolute atomic E-state index is 12.1. The third-order valence-corrected chi connectivity index (χ3v) is 5.73. The smallest absolute Gasteiger partial charge is 0.344 e. The van der Waals surface area contributed by atoms with Crippen molar-refractivity contribution in [2.45, 2.75) is 51.0 Å². The molecule has 0 aliphatic heterocycles. The zero-order valence-electron chi connectivity index (χ0n) is 14.0. The van der Waals surface area contributed by atoms with Crippen LogP contribution in [0.15, 0.2) is 12.2 Å². The fourth-order valence-corrected chi connectivity index (χ4v) is 4.84. The Balaban J connectivity index is 1.44. The third-order valence-electron chi connectivity index (χ3n) is 5.73. The van der Waals surface area contributed by atoms with Gasteiger partial charge in [0.1, 0.15) is 5.60 Å². The van der Waals surface area contributed by atoms with Crippen LogP contribution in [0.5, 0.6) is 0 Å². The van der Waals surface area contributed by atoms with Crippen molar-refractivity contribution in [3.63, 3.8) is 0 Å². The van der Waals surface area contributed by atoms with Crippen LogP contribution < -0.4 is 0 Å². The van der Waals surface area contributed by atoms with Crippen LogP contribution in [0.4, 0.5) is 0 Å². The van der Waals surface area contributed by atoms with Crippen molar-refractivity contribution in [1.29, 1.82) is 0 Å². The second kappa shape index (κ2) is 6.57. The van der Waals surface area contributed by atoms with Crippen LogP contribution in [0.25, 0.3) is 0 Å². The van der Waals surface area contributed by atoms with E-state index in [9.17, 15) is 14.4 Å². The van der Waals surface area contributed by atoms with Gasteiger partial charge >= 0.3 is 17.9 Å². The summed E-state index contributed by atoms with van der Waals surface area (Å²) in [6.45, 7) is 3.93. The molecule has 24 heavy (non-hydrogen) atoms. The first-order chi connectivity index (χ1) is 11.4. The van der Waals surface area contributed by atoms with E-state index in [1.54, 1.807) is 0 Å². The number of ether oxygens (including phenoxy) is 3. The van der Waals surface area contributed by atoms with E-state index < -0.39 is 31.1 Å². The normalized spacial score (nSPS) is 33.0. The van der Waals surface area contributed by atoms with E-state index in [1.165, 1.54) is 19.8 Å². The predicted molar refractivity (Wildman–Crippen MR) is 83.7 cm³/mol. The predicted octanol–water partition coefficient (Wildman–Crippen LogP) is 2.16. The molecule has 132 valence electrons. The molecule has 6 heteroatoms. The van der Waals surface area contributed by atoms with Crippen LogP contribution in [0.1, 0.15) is 45.4 Å². The summed E-state index contributed by atoms with van der Waals surface area (Å²) in [7, 11) is 0. The van der Waals surface area contributed by atoms with E-state index >= 15 is 0 Å². The van der Waals surface area contributed by atoms with Crippen molar-refractivity contribution in [2.24, 2.45) is 17.8 Å². The highest BCUT2D eigenvalue weighted by Crippen LogP contribution is 2.62. The molecule has 4 atom stereocenters. The van der Waals surface area contributed by atoms with E-state index in [-0.39, 0.29) is 11.2 Å². The minimum atomic E-state index is -0.770. The molecule has 0 aromatic rings. The molecule has 3 rings (SSSR count). The lowest BCUT2D eigenvalue weighted by atomic mass is 9.79. The highest BCUT2D eigenvalue weighted by molar-refractivity contribution is 5.88. The average Bonchev–Trinajstić information content (AvgIpc) is 3.22. The Hall–Kier alpha value is -1.85. The monoisotopic (exact) mass is 336 g/mol. The molecule has 3 saturated carbocycles. The zero-order chi connectivity index (χ0) is 17.3. The van der Waals surface area contributed by atoms with E-state index in [0.29, 0.717) is 17.8 Å². The molecule has 0 radical (unpaired) electrons. The van der Waals surface area contributed by atoms with Gasteiger partial charge in [-0.05, 0) is 50.9 Å². The van der Waals surface area contributed by atoms with E-state index in [1.807, 2.05) is 0 Å². The van der Waals surface area contributed by atoms with Crippen molar-refractivity contribution >= 4 is 17.9 Å². The largest absolute Gasteiger partial charge is 0.456 e. The molecule has 4 unspecified atom stereocenters. The molecular weight excluding hydrogens is 312 g/mol. The van der Waals surface area contributed by atoms with Gasteiger partial charge in [-0.2, -0.15) is 0 Å². The van der Waals surface area contributed by atoms with Crippen LogP contribution in [0.3, 0.4) is 0 Å². The van der Waals surface area contributed by atoms with Crippen LogP contribution in [-0.4, -0.2) is 36.7 Å². The fraction of sp³-hybridized carbons (Fsp3) is 0.722. The van der Waals surface area contributed by atoms with E-state index in [0.717, 1.165) is 25.7 Å². The molecule has 0 aromatic carbocycles. The van der Waals surface area contributed by atoms with Gasteiger partial charge in [-0.3, -0.25) is 0 Å². The Labute approximate surface area is 141 Å². The summed E-state index contributed by atoms with van der Waals surface area (Å²) in [5, 5.41) is 0. The fourth-order valence-electron chi connectivity index (χ4n) is 4.84.